The SMILES string of the molecule is CN(C)C(=O)C1(C)CN(C(=O)c2cnn(C)c2)CCO1. The fraction of sp³-hybridized carbons (Fsp3) is 0.615. The van der Waals surface area contributed by atoms with Crippen LogP contribution in [0.3, 0.4) is 0 Å². The minimum absolute atomic E-state index is 0.126. The third kappa shape index (κ3) is 2.67. The highest BCUT2D eigenvalue weighted by Crippen LogP contribution is 2.21. The Hall–Kier alpha value is -1.89. The molecule has 0 bridgehead atoms. The summed E-state index contributed by atoms with van der Waals surface area (Å²) in [5.74, 6) is -0.264. The highest BCUT2D eigenvalue weighted by Gasteiger charge is 2.41. The largest absolute Gasteiger partial charge is 0.362 e. The van der Waals surface area contributed by atoms with Crippen LogP contribution in [0.5, 0.6) is 0 Å². The van der Waals surface area contributed by atoms with Crippen molar-refractivity contribution in [3.8, 4) is 0 Å². The van der Waals surface area contributed by atoms with Gasteiger partial charge in [-0.05, 0) is 6.92 Å². The number of ether oxygens (including phenoxy) is 1. The molecule has 2 rings (SSSR count). The van der Waals surface area contributed by atoms with Crippen LogP contribution in [-0.4, -0.2) is 70.8 Å². The molecule has 0 saturated carbocycles. The second-order valence-electron chi connectivity index (χ2n) is 5.41. The average molecular weight is 280 g/mol. The van der Waals surface area contributed by atoms with Crippen molar-refractivity contribution in [3.63, 3.8) is 0 Å². The molecule has 0 aliphatic carbocycles. The van der Waals surface area contributed by atoms with Crippen LogP contribution in [0.25, 0.3) is 0 Å². The van der Waals surface area contributed by atoms with Crippen molar-refractivity contribution in [2.45, 2.75) is 12.5 Å². The predicted octanol–water partition coefficient (Wildman–Crippen LogP) is -0.261. The van der Waals surface area contributed by atoms with E-state index in [1.807, 2.05) is 0 Å². The van der Waals surface area contributed by atoms with Crippen LogP contribution in [-0.2, 0) is 16.6 Å². The molecular formula is C13H20N4O3. The quantitative estimate of drug-likeness (QED) is 0.748. The molecule has 7 nitrogen and oxygen atoms in total. The third-order valence-electron chi connectivity index (χ3n) is 3.37. The van der Waals surface area contributed by atoms with E-state index in [2.05, 4.69) is 5.10 Å². The Morgan fingerprint density at radius 2 is 2.15 bits per heavy atom. The summed E-state index contributed by atoms with van der Waals surface area (Å²) in [7, 11) is 5.12. The number of carbonyl (C=O) groups excluding carboxylic acids is 2. The van der Waals surface area contributed by atoms with Crippen molar-refractivity contribution in [1.29, 1.82) is 0 Å². The summed E-state index contributed by atoms with van der Waals surface area (Å²) in [4.78, 5) is 27.7. The van der Waals surface area contributed by atoms with E-state index < -0.39 is 5.60 Å². The van der Waals surface area contributed by atoms with E-state index in [-0.39, 0.29) is 18.4 Å². The van der Waals surface area contributed by atoms with Gasteiger partial charge in [-0.15, -0.1) is 0 Å². The Morgan fingerprint density at radius 3 is 2.70 bits per heavy atom. The highest BCUT2D eigenvalue weighted by molar-refractivity contribution is 5.94. The van der Waals surface area contributed by atoms with Gasteiger partial charge in [-0.3, -0.25) is 14.3 Å². The molecule has 0 N–H and O–H groups in total. The maximum atomic E-state index is 12.4. The van der Waals surface area contributed by atoms with Gasteiger partial charge in [0, 0.05) is 33.9 Å². The summed E-state index contributed by atoms with van der Waals surface area (Å²) in [5.41, 5.74) is -0.464. The summed E-state index contributed by atoms with van der Waals surface area (Å²) in [6.45, 7) is 2.79. The predicted molar refractivity (Wildman–Crippen MR) is 72.2 cm³/mol. The lowest BCUT2D eigenvalue weighted by molar-refractivity contribution is -0.162. The van der Waals surface area contributed by atoms with Gasteiger partial charge in [0.15, 0.2) is 5.60 Å². The van der Waals surface area contributed by atoms with Crippen molar-refractivity contribution in [3.05, 3.63) is 18.0 Å². The van der Waals surface area contributed by atoms with Crippen molar-refractivity contribution in [1.82, 2.24) is 19.6 Å². The third-order valence-corrected chi connectivity index (χ3v) is 3.37. The van der Waals surface area contributed by atoms with E-state index in [0.717, 1.165) is 0 Å². The standard InChI is InChI=1S/C13H20N4O3/c1-13(12(19)15(2)3)9-17(5-6-20-13)11(18)10-7-14-16(4)8-10/h7-8H,5-6,9H2,1-4H3. The molecule has 1 fully saturated rings. The lowest BCUT2D eigenvalue weighted by Gasteiger charge is -2.40. The summed E-state index contributed by atoms with van der Waals surface area (Å²) in [6.07, 6.45) is 3.20. The van der Waals surface area contributed by atoms with Crippen molar-refractivity contribution in [2.24, 2.45) is 7.05 Å². The molecule has 110 valence electrons. The normalized spacial score (nSPS) is 22.7. The Kier molecular flexibility index (Phi) is 3.80. The first kappa shape index (κ1) is 14.5. The first-order valence-corrected chi connectivity index (χ1v) is 6.47. The van der Waals surface area contributed by atoms with Crippen LogP contribution < -0.4 is 0 Å². The lowest BCUT2D eigenvalue weighted by Crippen LogP contribution is -2.59. The number of hydrogen-bond acceptors (Lipinski definition) is 4. The molecule has 0 radical (unpaired) electrons. The number of rotatable bonds is 2. The fourth-order valence-electron chi connectivity index (χ4n) is 2.36. The van der Waals surface area contributed by atoms with Crippen LogP contribution in [0.15, 0.2) is 12.4 Å². The summed E-state index contributed by atoms with van der Waals surface area (Å²) in [5, 5.41) is 3.99. The Balaban J connectivity index is 2.14. The number of likely N-dealkylation sites (N-methyl/N-ethyl adjacent to an activating group) is 1. The lowest BCUT2D eigenvalue weighted by atomic mass is 10.0. The first-order valence-electron chi connectivity index (χ1n) is 6.47. The monoisotopic (exact) mass is 280 g/mol. The second-order valence-corrected chi connectivity index (χ2v) is 5.41. The number of aryl methyl sites for hydroxylation is 1. The van der Waals surface area contributed by atoms with Gasteiger partial charge in [-0.25, -0.2) is 0 Å². The van der Waals surface area contributed by atoms with Gasteiger partial charge in [0.1, 0.15) is 0 Å². The summed E-state index contributed by atoms with van der Waals surface area (Å²) < 4.78 is 7.19. The van der Waals surface area contributed by atoms with Crippen LogP contribution >= 0.6 is 0 Å². The summed E-state index contributed by atoms with van der Waals surface area (Å²) in [6, 6.07) is 0. The minimum atomic E-state index is -0.986. The Bertz CT molecular complexity index is 525. The van der Waals surface area contributed by atoms with Gasteiger partial charge >= 0.3 is 0 Å². The topological polar surface area (TPSA) is 67.7 Å². The van der Waals surface area contributed by atoms with Gasteiger partial charge in [-0.2, -0.15) is 5.10 Å². The van der Waals surface area contributed by atoms with E-state index in [4.69, 9.17) is 4.74 Å². The van der Waals surface area contributed by atoms with E-state index in [1.54, 1.807) is 43.8 Å². The molecule has 1 aromatic heterocycles. The molecule has 1 aliphatic rings. The van der Waals surface area contributed by atoms with Crippen molar-refractivity contribution < 1.29 is 14.3 Å². The molecule has 7 heteroatoms. The Morgan fingerprint density at radius 1 is 1.45 bits per heavy atom. The molecule has 0 spiro atoms. The zero-order valence-corrected chi connectivity index (χ0v) is 12.3. The second kappa shape index (κ2) is 5.24. The average Bonchev–Trinajstić information content (AvgIpc) is 2.83. The molecule has 2 heterocycles. The van der Waals surface area contributed by atoms with Gasteiger partial charge < -0.3 is 14.5 Å². The molecule has 20 heavy (non-hydrogen) atoms. The fourth-order valence-corrected chi connectivity index (χ4v) is 2.36. The number of aromatic nitrogens is 2. The van der Waals surface area contributed by atoms with Gasteiger partial charge in [0.05, 0.1) is 24.9 Å². The molecule has 0 aromatic carbocycles. The van der Waals surface area contributed by atoms with Gasteiger partial charge in [-0.1, -0.05) is 0 Å². The van der Waals surface area contributed by atoms with Crippen LogP contribution in [0, 0.1) is 0 Å². The van der Waals surface area contributed by atoms with Gasteiger partial charge in [0.25, 0.3) is 11.8 Å². The smallest absolute Gasteiger partial charge is 0.257 e. The zero-order valence-electron chi connectivity index (χ0n) is 12.3. The van der Waals surface area contributed by atoms with Crippen molar-refractivity contribution in [2.75, 3.05) is 33.8 Å². The summed E-state index contributed by atoms with van der Waals surface area (Å²) >= 11 is 0. The van der Waals surface area contributed by atoms with E-state index in [1.165, 1.54) is 11.1 Å². The maximum absolute atomic E-state index is 12.4. The number of hydrogen-bond donors (Lipinski definition) is 0. The Labute approximate surface area is 118 Å². The molecule has 1 saturated heterocycles. The number of carbonyl (C=O) groups is 2. The minimum Gasteiger partial charge on any atom is -0.362 e. The van der Waals surface area contributed by atoms with E-state index >= 15 is 0 Å². The highest BCUT2D eigenvalue weighted by atomic mass is 16.5. The maximum Gasteiger partial charge on any atom is 0.257 e. The molecular weight excluding hydrogens is 260 g/mol. The molecule has 1 atom stereocenters. The number of morpholine rings is 1. The first-order chi connectivity index (χ1) is 9.33. The van der Waals surface area contributed by atoms with E-state index in [9.17, 15) is 9.59 Å². The van der Waals surface area contributed by atoms with Crippen LogP contribution in [0.4, 0.5) is 0 Å². The van der Waals surface area contributed by atoms with E-state index in [0.29, 0.717) is 18.7 Å². The molecule has 1 aromatic rings. The van der Waals surface area contributed by atoms with Crippen molar-refractivity contribution >= 4 is 11.8 Å². The zero-order chi connectivity index (χ0) is 14.9. The van der Waals surface area contributed by atoms with Gasteiger partial charge in [0.2, 0.25) is 0 Å². The molecule has 1 aliphatic heterocycles. The number of amides is 2. The van der Waals surface area contributed by atoms with Crippen LogP contribution in [0.1, 0.15) is 17.3 Å². The van der Waals surface area contributed by atoms with Crippen LogP contribution in [0.2, 0.25) is 0 Å². The molecule has 1 unspecified atom stereocenters. The number of nitrogens with zero attached hydrogens (tertiary/aromatic N) is 4. The molecule has 2 amide bonds.